The Hall–Kier alpha value is -2.01. The molecule has 2 aliphatic rings. The van der Waals surface area contributed by atoms with Crippen molar-refractivity contribution in [1.82, 2.24) is 8.61 Å². The molecule has 0 atom stereocenters. The van der Waals surface area contributed by atoms with Gasteiger partial charge in [-0.25, -0.2) is 21.2 Å². The number of benzene rings is 2. The van der Waals surface area contributed by atoms with Crippen molar-refractivity contribution in [3.63, 3.8) is 0 Å². The van der Waals surface area contributed by atoms with Crippen LogP contribution in [0.4, 0.5) is 10.1 Å². The van der Waals surface area contributed by atoms with Crippen molar-refractivity contribution < 1.29 is 21.2 Å². The molecule has 0 radical (unpaired) electrons. The van der Waals surface area contributed by atoms with Crippen LogP contribution >= 0.6 is 0 Å². The number of halogens is 1. The predicted molar refractivity (Wildman–Crippen MR) is 116 cm³/mol. The van der Waals surface area contributed by atoms with Crippen molar-refractivity contribution in [2.24, 2.45) is 0 Å². The summed E-state index contributed by atoms with van der Waals surface area (Å²) in [5.41, 5.74) is 0.841. The summed E-state index contributed by atoms with van der Waals surface area (Å²) in [7, 11) is -7.54. The minimum Gasteiger partial charge on any atom is -0.369 e. The Kier molecular flexibility index (Phi) is 6.34. The van der Waals surface area contributed by atoms with E-state index in [0.717, 1.165) is 24.9 Å². The molecule has 0 amide bonds. The number of hydrogen-bond donors (Lipinski definition) is 0. The van der Waals surface area contributed by atoms with Crippen LogP contribution in [0.25, 0.3) is 0 Å². The summed E-state index contributed by atoms with van der Waals surface area (Å²) in [6.45, 7) is 2.40. The highest BCUT2D eigenvalue weighted by atomic mass is 32.2. The lowest BCUT2D eigenvalue weighted by Gasteiger charge is -2.35. The molecule has 0 aliphatic carbocycles. The number of sulfonamides is 2. The molecular formula is C21H26FN3O4S2. The van der Waals surface area contributed by atoms with E-state index in [4.69, 9.17) is 0 Å². The van der Waals surface area contributed by atoms with Gasteiger partial charge in [0.2, 0.25) is 20.0 Å². The summed E-state index contributed by atoms with van der Waals surface area (Å²) >= 11 is 0. The average Bonchev–Trinajstić information content (AvgIpc) is 2.80. The van der Waals surface area contributed by atoms with Gasteiger partial charge in [-0.05, 0) is 55.3 Å². The van der Waals surface area contributed by atoms with Crippen LogP contribution in [0.15, 0.2) is 58.3 Å². The molecule has 31 heavy (non-hydrogen) atoms. The maximum Gasteiger partial charge on any atom is 0.243 e. The molecule has 4 rings (SSSR count). The molecule has 2 saturated heterocycles. The normalized spacial score (nSPS) is 19.5. The minimum atomic E-state index is -3.82. The van der Waals surface area contributed by atoms with Gasteiger partial charge in [0, 0.05) is 45.0 Å². The first-order valence-electron chi connectivity index (χ1n) is 10.4. The second-order valence-corrected chi connectivity index (χ2v) is 11.7. The summed E-state index contributed by atoms with van der Waals surface area (Å²) in [5, 5.41) is 0. The van der Waals surface area contributed by atoms with E-state index in [0.29, 0.717) is 26.2 Å². The summed E-state index contributed by atoms with van der Waals surface area (Å²) < 4.78 is 68.2. The van der Waals surface area contributed by atoms with Crippen molar-refractivity contribution in [1.29, 1.82) is 0 Å². The monoisotopic (exact) mass is 467 g/mol. The lowest BCUT2D eigenvalue weighted by Crippen LogP contribution is -2.48. The zero-order chi connectivity index (χ0) is 22.1. The smallest absolute Gasteiger partial charge is 0.243 e. The first-order valence-corrected chi connectivity index (χ1v) is 13.3. The molecule has 2 aromatic rings. The molecule has 0 saturated carbocycles. The largest absolute Gasteiger partial charge is 0.369 e. The SMILES string of the molecule is O=S(=O)(c1cccc(S(=O)(=O)N2CCN(c3ccc(F)cc3)CC2)c1)N1CCCCC1. The van der Waals surface area contributed by atoms with Gasteiger partial charge >= 0.3 is 0 Å². The average molecular weight is 468 g/mol. The van der Waals surface area contributed by atoms with Crippen LogP contribution in [0.3, 0.4) is 0 Å². The Bertz CT molecular complexity index is 1120. The van der Waals surface area contributed by atoms with Gasteiger partial charge in [0.1, 0.15) is 5.82 Å². The standard InChI is InChI=1S/C21H26FN3O4S2/c22-18-7-9-19(10-8-18)23-13-15-25(16-14-23)31(28,29)21-6-4-5-20(17-21)30(26,27)24-11-2-1-3-12-24/h4-10,17H,1-3,11-16H2. The Balaban J connectivity index is 1.50. The lowest BCUT2D eigenvalue weighted by molar-refractivity contribution is 0.346. The summed E-state index contributed by atoms with van der Waals surface area (Å²) in [6.07, 6.45) is 2.63. The van der Waals surface area contributed by atoms with Gasteiger partial charge in [-0.15, -0.1) is 0 Å². The highest BCUT2D eigenvalue weighted by Gasteiger charge is 2.31. The Morgan fingerprint density at radius 3 is 1.71 bits per heavy atom. The number of anilines is 1. The molecule has 2 aromatic carbocycles. The van der Waals surface area contributed by atoms with Crippen LogP contribution < -0.4 is 4.90 Å². The van der Waals surface area contributed by atoms with Gasteiger partial charge < -0.3 is 4.90 Å². The van der Waals surface area contributed by atoms with Crippen molar-refractivity contribution in [2.75, 3.05) is 44.2 Å². The van der Waals surface area contributed by atoms with E-state index in [1.807, 2.05) is 4.90 Å². The molecule has 7 nitrogen and oxygen atoms in total. The van der Waals surface area contributed by atoms with Crippen LogP contribution in [0, 0.1) is 5.82 Å². The first-order chi connectivity index (χ1) is 14.8. The Labute approximate surface area is 183 Å². The quantitative estimate of drug-likeness (QED) is 0.675. The molecule has 2 heterocycles. The third-order valence-corrected chi connectivity index (χ3v) is 9.62. The number of piperidine rings is 1. The third-order valence-electron chi connectivity index (χ3n) is 5.83. The zero-order valence-electron chi connectivity index (χ0n) is 17.2. The maximum atomic E-state index is 13.2. The van der Waals surface area contributed by atoms with Gasteiger partial charge in [-0.2, -0.15) is 8.61 Å². The molecule has 0 aromatic heterocycles. The van der Waals surface area contributed by atoms with Gasteiger partial charge in [-0.1, -0.05) is 12.5 Å². The Morgan fingerprint density at radius 1 is 0.645 bits per heavy atom. The van der Waals surface area contributed by atoms with Crippen LogP contribution in [-0.2, 0) is 20.0 Å². The molecule has 168 valence electrons. The minimum absolute atomic E-state index is 0.0131. The van der Waals surface area contributed by atoms with Gasteiger partial charge in [-0.3, -0.25) is 0 Å². The molecule has 10 heteroatoms. The second-order valence-electron chi connectivity index (χ2n) is 7.81. The van der Waals surface area contributed by atoms with E-state index in [-0.39, 0.29) is 28.7 Å². The molecule has 0 unspecified atom stereocenters. The van der Waals surface area contributed by atoms with E-state index in [1.165, 1.54) is 45.0 Å². The summed E-state index contributed by atoms with van der Waals surface area (Å²) in [6, 6.07) is 11.8. The van der Waals surface area contributed by atoms with Gasteiger partial charge in [0.15, 0.2) is 0 Å². The van der Waals surface area contributed by atoms with Crippen molar-refractivity contribution in [2.45, 2.75) is 29.1 Å². The van der Waals surface area contributed by atoms with E-state index in [2.05, 4.69) is 0 Å². The van der Waals surface area contributed by atoms with Crippen LogP contribution in [0.1, 0.15) is 19.3 Å². The molecule has 2 fully saturated rings. The fourth-order valence-electron chi connectivity index (χ4n) is 4.04. The van der Waals surface area contributed by atoms with E-state index in [9.17, 15) is 21.2 Å². The van der Waals surface area contributed by atoms with E-state index >= 15 is 0 Å². The lowest BCUT2D eigenvalue weighted by atomic mass is 10.2. The third kappa shape index (κ3) is 4.62. The number of nitrogens with zero attached hydrogens (tertiary/aromatic N) is 3. The van der Waals surface area contributed by atoms with Gasteiger partial charge in [0.25, 0.3) is 0 Å². The molecule has 0 spiro atoms. The number of piperazine rings is 1. The fraction of sp³-hybridized carbons (Fsp3) is 0.429. The van der Waals surface area contributed by atoms with Crippen molar-refractivity contribution in [3.8, 4) is 0 Å². The molecular weight excluding hydrogens is 441 g/mol. The first kappa shape index (κ1) is 22.2. The van der Waals surface area contributed by atoms with Crippen LogP contribution in [0.5, 0.6) is 0 Å². The zero-order valence-corrected chi connectivity index (χ0v) is 18.8. The number of rotatable bonds is 5. The van der Waals surface area contributed by atoms with Crippen LogP contribution in [0.2, 0.25) is 0 Å². The van der Waals surface area contributed by atoms with Crippen molar-refractivity contribution in [3.05, 3.63) is 54.3 Å². The second kappa shape index (κ2) is 8.85. The topological polar surface area (TPSA) is 78.0 Å². The van der Waals surface area contributed by atoms with E-state index in [1.54, 1.807) is 12.1 Å². The Morgan fingerprint density at radius 2 is 1.16 bits per heavy atom. The highest BCUT2D eigenvalue weighted by Crippen LogP contribution is 2.26. The van der Waals surface area contributed by atoms with E-state index < -0.39 is 20.0 Å². The highest BCUT2D eigenvalue weighted by molar-refractivity contribution is 7.90. The maximum absolute atomic E-state index is 13.2. The molecule has 2 aliphatic heterocycles. The predicted octanol–water partition coefficient (Wildman–Crippen LogP) is 2.51. The van der Waals surface area contributed by atoms with Crippen LogP contribution in [-0.4, -0.2) is 64.7 Å². The summed E-state index contributed by atoms with van der Waals surface area (Å²) in [5.74, 6) is -0.315. The summed E-state index contributed by atoms with van der Waals surface area (Å²) in [4.78, 5) is 2.00. The molecule has 0 bridgehead atoms. The van der Waals surface area contributed by atoms with Gasteiger partial charge in [0.05, 0.1) is 9.79 Å². The van der Waals surface area contributed by atoms with Crippen molar-refractivity contribution >= 4 is 25.7 Å². The fourth-order valence-corrected chi connectivity index (χ4v) is 7.14. The number of hydrogen-bond acceptors (Lipinski definition) is 5. The molecule has 0 N–H and O–H groups in total.